The molecule has 0 amide bonds. The van der Waals surface area contributed by atoms with Crippen LogP contribution in [0.2, 0.25) is 0 Å². The summed E-state index contributed by atoms with van der Waals surface area (Å²) in [6, 6.07) is 37.3. The van der Waals surface area contributed by atoms with E-state index in [0.29, 0.717) is 9.75 Å². The molecule has 0 N–H and O–H groups in total. The first kappa shape index (κ1) is 27.4. The van der Waals surface area contributed by atoms with Crippen LogP contribution in [0.1, 0.15) is 0 Å². The Hall–Kier alpha value is -3.76. The number of hydrogen-bond donors (Lipinski definition) is 0. The van der Waals surface area contributed by atoms with Crippen molar-refractivity contribution in [3.05, 3.63) is 121 Å². The molecule has 0 saturated carbocycles. The van der Waals surface area contributed by atoms with Gasteiger partial charge in [0, 0.05) is 48.1 Å². The smallest absolute Gasteiger partial charge is 0.143 e. The zero-order chi connectivity index (χ0) is 30.5. The fourth-order valence-electron chi connectivity index (χ4n) is 6.07. The van der Waals surface area contributed by atoms with Crippen LogP contribution in [0.15, 0.2) is 109 Å². The van der Waals surface area contributed by atoms with Crippen LogP contribution in [-0.4, -0.2) is 0 Å². The molecule has 0 saturated heterocycles. The van der Waals surface area contributed by atoms with Crippen molar-refractivity contribution in [3.63, 3.8) is 0 Å². The summed E-state index contributed by atoms with van der Waals surface area (Å²) in [6.07, 6.45) is 0. The predicted molar refractivity (Wildman–Crippen MR) is 203 cm³/mol. The molecule has 0 aliphatic carbocycles. The Labute approximate surface area is 285 Å². The van der Waals surface area contributed by atoms with E-state index >= 15 is 8.78 Å². The summed E-state index contributed by atoms with van der Waals surface area (Å²) in [5.41, 5.74) is 0. The van der Waals surface area contributed by atoms with E-state index in [4.69, 9.17) is 0 Å². The minimum atomic E-state index is -0.160. The summed E-state index contributed by atoms with van der Waals surface area (Å²) >= 11 is 9.75. The van der Waals surface area contributed by atoms with Crippen LogP contribution in [0.5, 0.6) is 0 Å². The number of fused-ring (bicyclic) bond motifs is 5. The summed E-state index contributed by atoms with van der Waals surface area (Å²) < 4.78 is 35.2. The van der Waals surface area contributed by atoms with Crippen molar-refractivity contribution in [2.24, 2.45) is 0 Å². The second-order valence-corrected chi connectivity index (χ2v) is 17.7. The molecule has 4 aromatic carbocycles. The molecule has 46 heavy (non-hydrogen) atoms. The summed E-state index contributed by atoms with van der Waals surface area (Å²) in [5, 5.41) is 6.96. The lowest BCUT2D eigenvalue weighted by Crippen LogP contribution is -1.72. The first-order chi connectivity index (χ1) is 22.5. The lowest BCUT2D eigenvalue weighted by atomic mass is 10.1. The van der Waals surface area contributed by atoms with Gasteiger partial charge in [0.25, 0.3) is 0 Å². The van der Waals surface area contributed by atoms with Crippen LogP contribution >= 0.6 is 68.0 Å². The third kappa shape index (κ3) is 4.43. The molecule has 220 valence electrons. The number of thiophene rings is 6. The van der Waals surface area contributed by atoms with Gasteiger partial charge in [-0.2, -0.15) is 0 Å². The van der Waals surface area contributed by atoms with Crippen molar-refractivity contribution >= 4 is 119 Å². The van der Waals surface area contributed by atoms with Crippen molar-refractivity contribution < 1.29 is 8.78 Å². The first-order valence-electron chi connectivity index (χ1n) is 14.5. The lowest BCUT2D eigenvalue weighted by Gasteiger charge is -1.99. The normalized spacial score (nSPS) is 12.1. The van der Waals surface area contributed by atoms with Gasteiger partial charge in [0.2, 0.25) is 0 Å². The average molecular weight is 705 g/mol. The minimum absolute atomic E-state index is 0.160. The molecule has 0 aliphatic heterocycles. The summed E-state index contributed by atoms with van der Waals surface area (Å²) in [4.78, 5) is 7.44. The van der Waals surface area contributed by atoms with E-state index in [1.54, 1.807) is 57.5 Å². The Morgan fingerprint density at radius 3 is 1.15 bits per heavy atom. The van der Waals surface area contributed by atoms with E-state index in [1.807, 2.05) is 24.3 Å². The van der Waals surface area contributed by atoms with Crippen LogP contribution < -0.4 is 0 Å². The van der Waals surface area contributed by atoms with E-state index in [-0.39, 0.29) is 11.6 Å². The number of hydrogen-bond acceptors (Lipinski definition) is 6. The SMILES string of the molecule is Fc1cc(-c2cc3cc4cc5sc(-c6cc(F)c(-c7cc8ccccc8s7)s6)cc5cc4cc3s2)sc1-c1cc2ccccc2s1. The van der Waals surface area contributed by atoms with Gasteiger partial charge in [-0.05, 0) is 105 Å². The zero-order valence-electron chi connectivity index (χ0n) is 23.6. The summed E-state index contributed by atoms with van der Waals surface area (Å²) in [5.74, 6) is -0.321. The summed E-state index contributed by atoms with van der Waals surface area (Å²) in [7, 11) is 0. The maximum atomic E-state index is 15.2. The summed E-state index contributed by atoms with van der Waals surface area (Å²) in [6.45, 7) is 0. The molecule has 0 bridgehead atoms. The Morgan fingerprint density at radius 2 is 0.696 bits per heavy atom. The molecule has 10 aromatic rings. The molecule has 6 aromatic heterocycles. The lowest BCUT2D eigenvalue weighted by molar-refractivity contribution is 0.636. The van der Waals surface area contributed by atoms with Crippen LogP contribution in [0.4, 0.5) is 8.78 Å². The zero-order valence-corrected chi connectivity index (χ0v) is 28.5. The molecule has 0 radical (unpaired) electrons. The molecule has 8 heteroatoms. The molecule has 0 aliphatic rings. The van der Waals surface area contributed by atoms with Gasteiger partial charge in [-0.25, -0.2) is 8.78 Å². The van der Waals surface area contributed by atoms with Crippen molar-refractivity contribution in [3.8, 4) is 39.0 Å². The molecular weight excluding hydrogens is 687 g/mol. The van der Waals surface area contributed by atoms with Crippen LogP contribution in [-0.2, 0) is 0 Å². The van der Waals surface area contributed by atoms with E-state index in [2.05, 4.69) is 72.8 Å². The van der Waals surface area contributed by atoms with Crippen molar-refractivity contribution in [1.29, 1.82) is 0 Å². The predicted octanol–water partition coefficient (Wildman–Crippen LogP) is 14.8. The molecule has 0 unspecified atom stereocenters. The first-order valence-corrected chi connectivity index (χ1v) is 19.4. The molecule has 0 atom stereocenters. The highest BCUT2D eigenvalue weighted by Crippen LogP contribution is 2.47. The quantitative estimate of drug-likeness (QED) is 0.171. The minimum Gasteiger partial charge on any atom is -0.205 e. The van der Waals surface area contributed by atoms with Gasteiger partial charge in [0.15, 0.2) is 0 Å². The van der Waals surface area contributed by atoms with Gasteiger partial charge in [0.1, 0.15) is 11.6 Å². The Balaban J connectivity index is 0.999. The van der Waals surface area contributed by atoms with Crippen molar-refractivity contribution in [2.45, 2.75) is 0 Å². The third-order valence-corrected chi connectivity index (χ3v) is 15.7. The number of halogens is 2. The van der Waals surface area contributed by atoms with Crippen molar-refractivity contribution in [1.82, 2.24) is 0 Å². The number of benzene rings is 4. The largest absolute Gasteiger partial charge is 0.205 e. The Kier molecular flexibility index (Phi) is 6.17. The maximum absolute atomic E-state index is 15.2. The molecule has 0 fully saturated rings. The van der Waals surface area contributed by atoms with Crippen LogP contribution in [0.25, 0.3) is 90.1 Å². The second kappa shape index (κ2) is 10.4. The Bertz CT molecular complexity index is 2470. The highest BCUT2D eigenvalue weighted by molar-refractivity contribution is 7.30. The maximum Gasteiger partial charge on any atom is 0.143 e. The molecular formula is C38H18F2S6. The van der Waals surface area contributed by atoms with E-state index in [0.717, 1.165) is 50.8 Å². The van der Waals surface area contributed by atoms with Gasteiger partial charge >= 0.3 is 0 Å². The standard InChI is InChI=1S/C38H18F2S6/c39-25-17-33(45-37(25)35-11-19-5-1-3-7-27(19)41-35)31-15-23-9-21-14-30-24(10-22(21)13-29(23)43-31)16-32(44-30)34-18-26(40)38(46-34)36-12-20-6-2-4-8-28(20)42-36/h1-18H. The monoisotopic (exact) mass is 704 g/mol. The van der Waals surface area contributed by atoms with Crippen LogP contribution in [0, 0.1) is 11.6 Å². The highest BCUT2D eigenvalue weighted by atomic mass is 32.1. The highest BCUT2D eigenvalue weighted by Gasteiger charge is 2.19. The molecule has 0 spiro atoms. The second-order valence-electron chi connectivity index (χ2n) is 11.2. The topological polar surface area (TPSA) is 0 Å². The average Bonchev–Trinajstić information content (AvgIpc) is 3.89. The van der Waals surface area contributed by atoms with Gasteiger partial charge in [-0.1, -0.05) is 36.4 Å². The van der Waals surface area contributed by atoms with Gasteiger partial charge < -0.3 is 0 Å². The fourth-order valence-corrected chi connectivity index (χ4v) is 12.8. The van der Waals surface area contributed by atoms with Crippen LogP contribution in [0.3, 0.4) is 0 Å². The van der Waals surface area contributed by atoms with E-state index < -0.39 is 0 Å². The molecule has 6 heterocycles. The van der Waals surface area contributed by atoms with E-state index in [1.165, 1.54) is 52.2 Å². The van der Waals surface area contributed by atoms with Crippen molar-refractivity contribution in [2.75, 3.05) is 0 Å². The van der Waals surface area contributed by atoms with Gasteiger partial charge in [-0.3, -0.25) is 0 Å². The van der Waals surface area contributed by atoms with E-state index in [9.17, 15) is 0 Å². The van der Waals surface area contributed by atoms with Gasteiger partial charge in [-0.15, -0.1) is 68.0 Å². The molecule has 0 nitrogen and oxygen atoms in total. The number of rotatable bonds is 4. The van der Waals surface area contributed by atoms with Gasteiger partial charge in [0.05, 0.1) is 9.75 Å². The Morgan fingerprint density at radius 1 is 0.304 bits per heavy atom. The molecule has 10 rings (SSSR count). The fraction of sp³-hybridized carbons (Fsp3) is 0. The third-order valence-electron chi connectivity index (χ3n) is 8.27.